The maximum atomic E-state index is 9.48. The molecule has 2 rings (SSSR count). The molecule has 1 aromatic carbocycles. The summed E-state index contributed by atoms with van der Waals surface area (Å²) in [5.74, 6) is 1.70. The molecule has 19 heavy (non-hydrogen) atoms. The van der Waals surface area contributed by atoms with Crippen molar-refractivity contribution in [1.82, 2.24) is 5.32 Å². The van der Waals surface area contributed by atoms with Gasteiger partial charge in [0.1, 0.15) is 5.75 Å². The van der Waals surface area contributed by atoms with E-state index in [-0.39, 0.29) is 0 Å². The van der Waals surface area contributed by atoms with Crippen molar-refractivity contribution in [2.24, 2.45) is 0 Å². The minimum Gasteiger partial charge on any atom is -0.508 e. The lowest BCUT2D eigenvalue weighted by Crippen LogP contribution is -2.20. The Hall–Kier alpha value is -0.670. The van der Waals surface area contributed by atoms with Gasteiger partial charge in [0, 0.05) is 6.04 Å². The van der Waals surface area contributed by atoms with Gasteiger partial charge >= 0.3 is 0 Å². The van der Waals surface area contributed by atoms with Crippen LogP contribution in [0.1, 0.15) is 49.3 Å². The van der Waals surface area contributed by atoms with Crippen molar-refractivity contribution in [2.75, 3.05) is 18.6 Å². The van der Waals surface area contributed by atoms with Gasteiger partial charge in [0.2, 0.25) is 0 Å². The number of nitrogens with one attached hydrogen (secondary N) is 1. The fraction of sp³-hybridized carbons (Fsp3) is 0.625. The van der Waals surface area contributed by atoms with E-state index in [9.17, 15) is 5.11 Å². The summed E-state index contributed by atoms with van der Waals surface area (Å²) in [6, 6.07) is 6.30. The smallest absolute Gasteiger partial charge is 0.115 e. The van der Waals surface area contributed by atoms with Gasteiger partial charge in [0.25, 0.3) is 0 Å². The minimum atomic E-state index is 0.396. The predicted molar refractivity (Wildman–Crippen MR) is 84.0 cm³/mol. The first-order valence-electron chi connectivity index (χ1n) is 7.35. The van der Waals surface area contributed by atoms with Crippen LogP contribution in [0.15, 0.2) is 18.2 Å². The minimum absolute atomic E-state index is 0.396. The Morgan fingerprint density at radius 1 is 1.26 bits per heavy atom. The summed E-state index contributed by atoms with van der Waals surface area (Å²) < 4.78 is 0. The lowest BCUT2D eigenvalue weighted by molar-refractivity contribution is 0.474. The number of thioether (sulfide) groups is 1. The second kappa shape index (κ2) is 7.81. The summed E-state index contributed by atoms with van der Waals surface area (Å²) in [6.45, 7) is 1.12. The van der Waals surface area contributed by atoms with Gasteiger partial charge < -0.3 is 10.4 Å². The molecular formula is C16H25NOS. The fourth-order valence-electron chi connectivity index (χ4n) is 2.82. The van der Waals surface area contributed by atoms with E-state index in [2.05, 4.69) is 17.6 Å². The third-order valence-electron chi connectivity index (χ3n) is 3.87. The van der Waals surface area contributed by atoms with Gasteiger partial charge in [-0.05, 0) is 67.5 Å². The molecule has 0 aromatic heterocycles. The normalized spacial score (nSPS) is 17.6. The van der Waals surface area contributed by atoms with Crippen molar-refractivity contribution in [1.29, 1.82) is 0 Å². The molecule has 1 atom stereocenters. The van der Waals surface area contributed by atoms with Crippen molar-refractivity contribution in [3.05, 3.63) is 29.3 Å². The van der Waals surface area contributed by atoms with Gasteiger partial charge in [-0.15, -0.1) is 0 Å². The molecule has 1 aliphatic carbocycles. The third-order valence-corrected chi connectivity index (χ3v) is 4.57. The summed E-state index contributed by atoms with van der Waals surface area (Å²) in [5, 5.41) is 13.1. The Kier molecular flexibility index (Phi) is 6.05. The molecule has 1 aliphatic rings. The quantitative estimate of drug-likeness (QED) is 0.708. The first kappa shape index (κ1) is 14.7. The second-order valence-electron chi connectivity index (χ2n) is 5.34. The average molecular weight is 279 g/mol. The number of aryl methyl sites for hydroxylation is 1. The van der Waals surface area contributed by atoms with E-state index >= 15 is 0 Å². The molecule has 0 fully saturated rings. The average Bonchev–Trinajstić information content (AvgIpc) is 2.80. The van der Waals surface area contributed by atoms with Gasteiger partial charge in [-0.25, -0.2) is 0 Å². The molecular weight excluding hydrogens is 254 g/mol. The zero-order valence-corrected chi connectivity index (χ0v) is 12.6. The van der Waals surface area contributed by atoms with E-state index in [0.29, 0.717) is 11.8 Å². The Bertz CT molecular complexity index is 394. The molecule has 3 heteroatoms. The maximum absolute atomic E-state index is 9.48. The largest absolute Gasteiger partial charge is 0.508 e. The monoisotopic (exact) mass is 279 g/mol. The summed E-state index contributed by atoms with van der Waals surface area (Å²) in [7, 11) is 0. The van der Waals surface area contributed by atoms with Crippen molar-refractivity contribution in [3.8, 4) is 5.75 Å². The molecule has 1 unspecified atom stereocenters. The van der Waals surface area contributed by atoms with Crippen LogP contribution in [0, 0.1) is 0 Å². The summed E-state index contributed by atoms with van der Waals surface area (Å²) in [5.41, 5.74) is 2.71. The number of phenols is 1. The lowest BCUT2D eigenvalue weighted by Gasteiger charge is -2.14. The van der Waals surface area contributed by atoms with Crippen LogP contribution in [-0.2, 0) is 6.42 Å². The number of unbranched alkanes of at least 4 members (excludes halogenated alkanes) is 3. The van der Waals surface area contributed by atoms with Crippen LogP contribution in [0.25, 0.3) is 0 Å². The molecule has 0 heterocycles. The fourth-order valence-corrected chi connectivity index (χ4v) is 3.31. The van der Waals surface area contributed by atoms with E-state index in [4.69, 9.17) is 0 Å². The van der Waals surface area contributed by atoms with Gasteiger partial charge in [-0.3, -0.25) is 0 Å². The van der Waals surface area contributed by atoms with Crippen molar-refractivity contribution >= 4 is 11.8 Å². The molecule has 106 valence electrons. The van der Waals surface area contributed by atoms with Crippen LogP contribution in [-0.4, -0.2) is 23.7 Å². The van der Waals surface area contributed by atoms with Crippen LogP contribution >= 0.6 is 11.8 Å². The summed E-state index contributed by atoms with van der Waals surface area (Å²) in [6.07, 6.45) is 9.77. The highest BCUT2D eigenvalue weighted by atomic mass is 32.2. The van der Waals surface area contributed by atoms with Gasteiger partial charge in [0.15, 0.2) is 0 Å². The van der Waals surface area contributed by atoms with Gasteiger partial charge in [0.05, 0.1) is 0 Å². The highest BCUT2D eigenvalue weighted by molar-refractivity contribution is 7.98. The van der Waals surface area contributed by atoms with Crippen LogP contribution in [0.4, 0.5) is 0 Å². The number of aromatic hydroxyl groups is 1. The summed E-state index contributed by atoms with van der Waals surface area (Å²) in [4.78, 5) is 0. The van der Waals surface area contributed by atoms with Crippen LogP contribution in [0.3, 0.4) is 0 Å². The standard InChI is InChI=1S/C16H25NOS/c1-19-11-5-3-2-4-10-17-16-9-6-13-12-14(18)7-8-15(13)16/h7-8,12,16-18H,2-6,9-11H2,1H3. The highest BCUT2D eigenvalue weighted by Crippen LogP contribution is 2.33. The predicted octanol–water partition coefficient (Wildman–Crippen LogP) is 3.89. The van der Waals surface area contributed by atoms with E-state index in [0.717, 1.165) is 13.0 Å². The van der Waals surface area contributed by atoms with Crippen molar-refractivity contribution in [2.45, 2.75) is 44.6 Å². The molecule has 0 saturated carbocycles. The number of hydrogen-bond donors (Lipinski definition) is 2. The number of fused-ring (bicyclic) bond motifs is 1. The van der Waals surface area contributed by atoms with Crippen molar-refractivity contribution in [3.63, 3.8) is 0 Å². The van der Waals surface area contributed by atoms with Gasteiger partial charge in [-0.2, -0.15) is 11.8 Å². The number of hydrogen-bond acceptors (Lipinski definition) is 3. The number of benzene rings is 1. The van der Waals surface area contributed by atoms with Crippen LogP contribution in [0.2, 0.25) is 0 Å². The SMILES string of the molecule is CSCCCCCCNC1CCc2cc(O)ccc21. The number of rotatable bonds is 8. The zero-order valence-electron chi connectivity index (χ0n) is 11.8. The van der Waals surface area contributed by atoms with E-state index in [1.165, 1.54) is 49.0 Å². The summed E-state index contributed by atoms with van der Waals surface area (Å²) >= 11 is 1.94. The molecule has 0 spiro atoms. The van der Waals surface area contributed by atoms with Crippen LogP contribution < -0.4 is 5.32 Å². The zero-order chi connectivity index (χ0) is 13.5. The molecule has 0 radical (unpaired) electrons. The lowest BCUT2D eigenvalue weighted by atomic mass is 10.1. The maximum Gasteiger partial charge on any atom is 0.115 e. The molecule has 2 nitrogen and oxygen atoms in total. The number of phenolic OH excluding ortho intramolecular Hbond substituents is 1. The Morgan fingerprint density at radius 3 is 2.95 bits per heavy atom. The molecule has 2 N–H and O–H groups in total. The second-order valence-corrected chi connectivity index (χ2v) is 6.32. The van der Waals surface area contributed by atoms with E-state index in [1.54, 1.807) is 6.07 Å². The first-order valence-corrected chi connectivity index (χ1v) is 8.75. The topological polar surface area (TPSA) is 32.3 Å². The molecule has 1 aromatic rings. The molecule has 0 amide bonds. The molecule has 0 saturated heterocycles. The molecule has 0 aliphatic heterocycles. The van der Waals surface area contributed by atoms with Crippen molar-refractivity contribution < 1.29 is 5.11 Å². The first-order chi connectivity index (χ1) is 9.31. The van der Waals surface area contributed by atoms with Gasteiger partial charge in [-0.1, -0.05) is 18.9 Å². The van der Waals surface area contributed by atoms with E-state index in [1.807, 2.05) is 17.8 Å². The Morgan fingerprint density at radius 2 is 2.11 bits per heavy atom. The van der Waals surface area contributed by atoms with E-state index < -0.39 is 0 Å². The Balaban J connectivity index is 1.66. The third kappa shape index (κ3) is 4.43. The highest BCUT2D eigenvalue weighted by Gasteiger charge is 2.21. The van der Waals surface area contributed by atoms with Crippen LogP contribution in [0.5, 0.6) is 5.75 Å². The molecule has 0 bridgehead atoms. The Labute approximate surface area is 121 Å².